The molecule has 0 aromatic carbocycles. The molecule has 2 atom stereocenters. The molecule has 134 valence electrons. The van der Waals surface area contributed by atoms with E-state index in [1.54, 1.807) is 0 Å². The maximum Gasteiger partial charge on any atom is 1.00 e. The molecule has 1 heteroatoms. The molecule has 0 aliphatic rings. The van der Waals surface area contributed by atoms with Gasteiger partial charge in [-0.25, -0.2) is 0 Å². The molecule has 0 amide bonds. The molecule has 0 spiro atoms. The van der Waals surface area contributed by atoms with Crippen LogP contribution in [0.5, 0.6) is 0 Å². The normalized spacial score (nSPS) is 11.2. The van der Waals surface area contributed by atoms with Gasteiger partial charge in [0.1, 0.15) is 0 Å². The van der Waals surface area contributed by atoms with Crippen LogP contribution in [0.4, 0.5) is 0 Å². The van der Waals surface area contributed by atoms with E-state index in [0.717, 1.165) is 12.3 Å². The molecule has 0 saturated heterocycles. The Bertz CT molecular complexity index is 121. The van der Waals surface area contributed by atoms with Crippen LogP contribution in [0.2, 0.25) is 0 Å². The van der Waals surface area contributed by atoms with E-state index in [-0.39, 0.29) is 51.4 Å². The molecule has 0 heterocycles. The zero-order valence-electron chi connectivity index (χ0n) is 18.1. The molecule has 0 bridgehead atoms. The molecular weight excluding hydrogens is 291 g/mol. The zero-order valence-corrected chi connectivity index (χ0v) is 21.2. The van der Waals surface area contributed by atoms with Gasteiger partial charge in [-0.05, 0) is 5.92 Å². The SMILES string of the molecule is CC.CCC.CCCC.[CH2-]C([CH-]CC)CCCC(C)CC.[K+]. The first-order chi connectivity index (χ1) is 10.0. The Balaban J connectivity index is -0.0000000806. The second-order valence-electron chi connectivity index (χ2n) is 5.56. The maximum atomic E-state index is 4.09. The Morgan fingerprint density at radius 2 is 1.27 bits per heavy atom. The smallest absolute Gasteiger partial charge is 0.369 e. The molecule has 0 aromatic heterocycles. The van der Waals surface area contributed by atoms with E-state index in [4.69, 9.17) is 0 Å². The van der Waals surface area contributed by atoms with Gasteiger partial charge in [-0.15, -0.1) is 6.42 Å². The predicted octanol–water partition coefficient (Wildman–Crippen LogP) is 5.52. The summed E-state index contributed by atoms with van der Waals surface area (Å²) < 4.78 is 0. The first-order valence-electron chi connectivity index (χ1n) is 9.69. The minimum atomic E-state index is 0. The molecule has 0 rings (SSSR count). The van der Waals surface area contributed by atoms with Crippen LogP contribution in [0.3, 0.4) is 0 Å². The summed E-state index contributed by atoms with van der Waals surface area (Å²) in [5.41, 5.74) is 0. The molecule has 0 N–H and O–H groups in total. The van der Waals surface area contributed by atoms with Crippen LogP contribution < -0.4 is 51.4 Å². The van der Waals surface area contributed by atoms with Crippen molar-refractivity contribution in [1.82, 2.24) is 0 Å². The van der Waals surface area contributed by atoms with Gasteiger partial charge in [0, 0.05) is 0 Å². The molecule has 0 saturated carbocycles. The molecule has 0 radical (unpaired) electrons. The summed E-state index contributed by atoms with van der Waals surface area (Å²) in [5, 5.41) is 0. The Morgan fingerprint density at radius 3 is 1.55 bits per heavy atom. The average molecular weight is 340 g/mol. The average Bonchev–Trinajstić information content (AvgIpc) is 2.50. The van der Waals surface area contributed by atoms with Gasteiger partial charge < -0.3 is 19.3 Å². The largest absolute Gasteiger partial charge is 1.00 e. The van der Waals surface area contributed by atoms with Crippen molar-refractivity contribution in [3.63, 3.8) is 0 Å². The summed E-state index contributed by atoms with van der Waals surface area (Å²) in [6, 6.07) is 0. The summed E-state index contributed by atoms with van der Waals surface area (Å²) in [5.74, 6) is 1.48. The van der Waals surface area contributed by atoms with Gasteiger partial charge in [-0.2, -0.15) is 6.42 Å². The molecular formula is C21H48K-. The Hall–Kier alpha value is 1.64. The van der Waals surface area contributed by atoms with Crippen molar-refractivity contribution < 1.29 is 51.4 Å². The number of rotatable bonds is 8. The van der Waals surface area contributed by atoms with Crippen LogP contribution in [-0.4, -0.2) is 0 Å². The molecule has 2 unspecified atom stereocenters. The van der Waals surface area contributed by atoms with Gasteiger partial charge in [-0.1, -0.05) is 101 Å². The molecule has 0 aromatic rings. The minimum Gasteiger partial charge on any atom is -0.369 e. The molecule has 0 aliphatic carbocycles. The van der Waals surface area contributed by atoms with Crippen molar-refractivity contribution >= 4 is 0 Å². The van der Waals surface area contributed by atoms with Crippen LogP contribution >= 0.6 is 0 Å². The van der Waals surface area contributed by atoms with E-state index in [1.807, 2.05) is 13.8 Å². The van der Waals surface area contributed by atoms with Gasteiger partial charge in [0.25, 0.3) is 0 Å². The van der Waals surface area contributed by atoms with Crippen LogP contribution in [0, 0.1) is 25.2 Å². The zero-order chi connectivity index (χ0) is 17.5. The maximum absolute atomic E-state index is 4.09. The van der Waals surface area contributed by atoms with E-state index in [2.05, 4.69) is 61.8 Å². The van der Waals surface area contributed by atoms with E-state index >= 15 is 0 Å². The van der Waals surface area contributed by atoms with Crippen LogP contribution in [-0.2, 0) is 0 Å². The van der Waals surface area contributed by atoms with Gasteiger partial charge in [0.05, 0.1) is 0 Å². The first-order valence-corrected chi connectivity index (χ1v) is 9.69. The molecule has 22 heavy (non-hydrogen) atoms. The Kier molecular flexibility index (Phi) is 60.7. The van der Waals surface area contributed by atoms with Crippen molar-refractivity contribution in [1.29, 1.82) is 0 Å². The van der Waals surface area contributed by atoms with Crippen LogP contribution in [0.25, 0.3) is 0 Å². The predicted molar refractivity (Wildman–Crippen MR) is 105 cm³/mol. The fraction of sp³-hybridized carbons (Fsp3) is 0.905. The third kappa shape index (κ3) is 49.6. The number of hydrogen-bond donors (Lipinski definition) is 0. The van der Waals surface area contributed by atoms with Crippen molar-refractivity contribution in [3.8, 4) is 0 Å². The Labute approximate surface area is 188 Å². The fourth-order valence-corrected chi connectivity index (χ4v) is 1.38. The summed E-state index contributed by atoms with van der Waals surface area (Å²) in [6.45, 7) is 23.5. The van der Waals surface area contributed by atoms with Crippen molar-refractivity contribution in [2.45, 2.75) is 114 Å². The molecule has 0 aliphatic heterocycles. The Morgan fingerprint density at radius 1 is 0.864 bits per heavy atom. The van der Waals surface area contributed by atoms with Crippen molar-refractivity contribution in [3.05, 3.63) is 13.3 Å². The minimum absolute atomic E-state index is 0. The van der Waals surface area contributed by atoms with E-state index in [0.29, 0.717) is 5.92 Å². The summed E-state index contributed by atoms with van der Waals surface area (Å²) in [6.07, 6.45) is 12.7. The summed E-state index contributed by atoms with van der Waals surface area (Å²) in [4.78, 5) is 0. The third-order valence-corrected chi connectivity index (χ3v) is 3.04. The quantitative estimate of drug-likeness (QED) is 0.403. The van der Waals surface area contributed by atoms with Gasteiger partial charge >= 0.3 is 51.4 Å². The summed E-state index contributed by atoms with van der Waals surface area (Å²) >= 11 is 0. The summed E-state index contributed by atoms with van der Waals surface area (Å²) in [7, 11) is 0. The van der Waals surface area contributed by atoms with E-state index in [9.17, 15) is 0 Å². The molecule has 0 fully saturated rings. The van der Waals surface area contributed by atoms with E-state index < -0.39 is 0 Å². The molecule has 0 nitrogen and oxygen atoms in total. The van der Waals surface area contributed by atoms with Crippen LogP contribution in [0.1, 0.15) is 114 Å². The second-order valence-corrected chi connectivity index (χ2v) is 5.56. The number of unbranched alkanes of at least 4 members (excludes halogenated alkanes) is 1. The first kappa shape index (κ1) is 34.9. The number of hydrogen-bond acceptors (Lipinski definition) is 0. The standard InChI is InChI=1S/C12H24.C4H10.C3H8.C2H6.K/c1-5-8-12(4)10-7-9-11(3)6-2;1-3-4-2;1-3-2;1-2;/h8,11-12H,4-7,9-10H2,1-3H3;3-4H2,1-2H3;3H2,1-2H3;1-2H3;/q-2;;;;+1. The van der Waals surface area contributed by atoms with E-state index in [1.165, 1.54) is 44.9 Å². The second kappa shape index (κ2) is 38.3. The monoisotopic (exact) mass is 339 g/mol. The fourth-order valence-electron chi connectivity index (χ4n) is 1.38. The van der Waals surface area contributed by atoms with Crippen molar-refractivity contribution in [2.75, 3.05) is 0 Å². The van der Waals surface area contributed by atoms with Crippen molar-refractivity contribution in [2.24, 2.45) is 11.8 Å². The third-order valence-electron chi connectivity index (χ3n) is 3.04. The van der Waals surface area contributed by atoms with Crippen LogP contribution in [0.15, 0.2) is 0 Å². The van der Waals surface area contributed by atoms with Gasteiger partial charge in [0.15, 0.2) is 0 Å². The van der Waals surface area contributed by atoms with Gasteiger partial charge in [-0.3, -0.25) is 0 Å². The van der Waals surface area contributed by atoms with Gasteiger partial charge in [0.2, 0.25) is 0 Å². The topological polar surface area (TPSA) is 0 Å².